The molecule has 2 aromatic carbocycles. The zero-order valence-electron chi connectivity index (χ0n) is 18.7. The molecule has 7 nitrogen and oxygen atoms in total. The molecule has 168 valence electrons. The van der Waals surface area contributed by atoms with E-state index in [1.54, 1.807) is 4.90 Å². The SMILES string of the molecule is Cc1cc(C)nc(SCc2nnc(SCC(=O)N(c3ccccc3)c3ccccc3)n2C)n1. The first-order valence-corrected chi connectivity index (χ1v) is 12.4. The molecule has 0 spiro atoms. The van der Waals surface area contributed by atoms with Gasteiger partial charge in [0.25, 0.3) is 0 Å². The van der Waals surface area contributed by atoms with E-state index >= 15 is 0 Å². The molecule has 2 heterocycles. The van der Waals surface area contributed by atoms with Crippen molar-refractivity contribution in [1.29, 1.82) is 0 Å². The van der Waals surface area contributed by atoms with Gasteiger partial charge in [0.1, 0.15) is 5.82 Å². The second kappa shape index (κ2) is 10.6. The number of thioether (sulfide) groups is 2. The zero-order chi connectivity index (χ0) is 23.2. The Kier molecular flexibility index (Phi) is 7.41. The van der Waals surface area contributed by atoms with Crippen LogP contribution in [0.3, 0.4) is 0 Å². The minimum atomic E-state index is -0.0278. The molecule has 0 radical (unpaired) electrons. The predicted molar refractivity (Wildman–Crippen MR) is 133 cm³/mol. The molecule has 0 saturated carbocycles. The van der Waals surface area contributed by atoms with Gasteiger partial charge in [0.15, 0.2) is 10.3 Å². The van der Waals surface area contributed by atoms with Crippen LogP contribution in [0.2, 0.25) is 0 Å². The van der Waals surface area contributed by atoms with Crippen molar-refractivity contribution in [3.63, 3.8) is 0 Å². The van der Waals surface area contributed by atoms with Crippen molar-refractivity contribution in [2.24, 2.45) is 7.05 Å². The van der Waals surface area contributed by atoms with Crippen molar-refractivity contribution < 1.29 is 4.79 Å². The fourth-order valence-corrected chi connectivity index (χ4v) is 4.97. The molecule has 0 unspecified atom stereocenters. The summed E-state index contributed by atoms with van der Waals surface area (Å²) in [4.78, 5) is 23.9. The van der Waals surface area contributed by atoms with Crippen LogP contribution >= 0.6 is 23.5 Å². The van der Waals surface area contributed by atoms with Gasteiger partial charge in [-0.3, -0.25) is 9.69 Å². The first kappa shape index (κ1) is 23.0. The number of nitrogens with zero attached hydrogens (tertiary/aromatic N) is 6. The summed E-state index contributed by atoms with van der Waals surface area (Å²) in [5.74, 6) is 1.62. The molecular weight excluding hydrogens is 452 g/mol. The largest absolute Gasteiger partial charge is 0.308 e. The standard InChI is InChI=1S/C24H24N6OS2/c1-17-14-18(2)26-23(25-17)32-15-21-27-28-24(29(21)3)33-16-22(31)30(19-10-6-4-7-11-19)20-12-8-5-9-13-20/h4-14H,15-16H2,1-3H3. The van der Waals surface area contributed by atoms with Crippen LogP contribution in [0, 0.1) is 13.8 Å². The summed E-state index contributed by atoms with van der Waals surface area (Å²) in [6, 6.07) is 21.3. The van der Waals surface area contributed by atoms with Gasteiger partial charge in [0, 0.05) is 29.8 Å². The number of rotatable bonds is 8. The Morgan fingerprint density at radius 1 is 0.879 bits per heavy atom. The average Bonchev–Trinajstić information content (AvgIpc) is 3.16. The highest BCUT2D eigenvalue weighted by atomic mass is 32.2. The highest BCUT2D eigenvalue weighted by Crippen LogP contribution is 2.28. The molecule has 0 atom stereocenters. The highest BCUT2D eigenvalue weighted by Gasteiger charge is 2.20. The minimum Gasteiger partial charge on any atom is -0.308 e. The van der Waals surface area contributed by atoms with Crippen LogP contribution in [0.5, 0.6) is 0 Å². The van der Waals surface area contributed by atoms with E-state index in [9.17, 15) is 4.79 Å². The molecule has 4 aromatic rings. The number of aryl methyl sites for hydroxylation is 2. The van der Waals surface area contributed by atoms with Crippen LogP contribution in [0.1, 0.15) is 17.2 Å². The van der Waals surface area contributed by atoms with E-state index in [2.05, 4.69) is 20.2 Å². The smallest absolute Gasteiger partial charge is 0.242 e. The van der Waals surface area contributed by atoms with E-state index < -0.39 is 0 Å². The van der Waals surface area contributed by atoms with E-state index in [1.165, 1.54) is 23.5 Å². The summed E-state index contributed by atoms with van der Waals surface area (Å²) in [6.45, 7) is 3.92. The molecule has 2 aromatic heterocycles. The fourth-order valence-electron chi connectivity index (χ4n) is 3.27. The predicted octanol–water partition coefficient (Wildman–Crippen LogP) is 4.97. The molecule has 0 saturated heterocycles. The number of carbonyl (C=O) groups excluding carboxylic acids is 1. The van der Waals surface area contributed by atoms with Crippen LogP contribution in [0.4, 0.5) is 11.4 Å². The highest BCUT2D eigenvalue weighted by molar-refractivity contribution is 7.99. The lowest BCUT2D eigenvalue weighted by atomic mass is 10.2. The molecule has 0 bridgehead atoms. The molecule has 9 heteroatoms. The monoisotopic (exact) mass is 476 g/mol. The van der Waals surface area contributed by atoms with Crippen LogP contribution in [-0.4, -0.2) is 36.4 Å². The maximum absolute atomic E-state index is 13.2. The quantitative estimate of drug-likeness (QED) is 0.262. The van der Waals surface area contributed by atoms with E-state index in [4.69, 9.17) is 0 Å². The molecule has 0 N–H and O–H groups in total. The topological polar surface area (TPSA) is 76.8 Å². The number of benzene rings is 2. The van der Waals surface area contributed by atoms with Gasteiger partial charge >= 0.3 is 0 Å². The Bertz CT molecular complexity index is 1170. The molecule has 0 aliphatic heterocycles. The lowest BCUT2D eigenvalue weighted by molar-refractivity contribution is -0.115. The zero-order valence-corrected chi connectivity index (χ0v) is 20.3. The van der Waals surface area contributed by atoms with Crippen LogP contribution < -0.4 is 4.90 Å². The van der Waals surface area contributed by atoms with Crippen LogP contribution in [-0.2, 0) is 17.6 Å². The number of anilines is 2. The molecular formula is C24H24N6OS2. The molecule has 0 aliphatic rings. The number of hydrogen-bond acceptors (Lipinski definition) is 7. The third-order valence-electron chi connectivity index (χ3n) is 4.82. The molecule has 33 heavy (non-hydrogen) atoms. The van der Waals surface area contributed by atoms with Gasteiger partial charge < -0.3 is 4.57 Å². The number of hydrogen-bond donors (Lipinski definition) is 0. The molecule has 0 fully saturated rings. The molecule has 1 amide bonds. The second-order valence-electron chi connectivity index (χ2n) is 7.37. The molecule has 4 rings (SSSR count). The summed E-state index contributed by atoms with van der Waals surface area (Å²) >= 11 is 2.90. The van der Waals surface area contributed by atoms with Gasteiger partial charge in [-0.25, -0.2) is 9.97 Å². The van der Waals surface area contributed by atoms with Crippen molar-refractivity contribution in [2.45, 2.75) is 29.9 Å². The first-order chi connectivity index (χ1) is 16.0. The normalized spacial score (nSPS) is 10.9. The van der Waals surface area contributed by atoms with Gasteiger partial charge in [0.2, 0.25) is 5.91 Å². The van der Waals surface area contributed by atoms with Crippen LogP contribution in [0.15, 0.2) is 77.0 Å². The van der Waals surface area contributed by atoms with E-state index in [1.807, 2.05) is 92.2 Å². The van der Waals surface area contributed by atoms with Crippen molar-refractivity contribution in [3.05, 3.63) is 83.9 Å². The third kappa shape index (κ3) is 5.80. The number of carbonyl (C=O) groups is 1. The van der Waals surface area contributed by atoms with E-state index in [0.29, 0.717) is 10.9 Å². The number of para-hydroxylation sites is 2. The Balaban J connectivity index is 1.44. The van der Waals surface area contributed by atoms with Gasteiger partial charge in [-0.15, -0.1) is 10.2 Å². The Labute approximate surface area is 201 Å². The maximum Gasteiger partial charge on any atom is 0.242 e. The van der Waals surface area contributed by atoms with E-state index in [0.717, 1.165) is 33.7 Å². The van der Waals surface area contributed by atoms with Crippen molar-refractivity contribution in [1.82, 2.24) is 24.7 Å². The molecule has 0 aliphatic carbocycles. The minimum absolute atomic E-state index is 0.0278. The van der Waals surface area contributed by atoms with Crippen molar-refractivity contribution in [2.75, 3.05) is 10.7 Å². The first-order valence-electron chi connectivity index (χ1n) is 10.4. The van der Waals surface area contributed by atoms with Crippen molar-refractivity contribution >= 4 is 40.8 Å². The summed E-state index contributed by atoms with van der Waals surface area (Å²) in [7, 11) is 1.91. The van der Waals surface area contributed by atoms with Crippen molar-refractivity contribution in [3.8, 4) is 0 Å². The van der Waals surface area contributed by atoms with E-state index in [-0.39, 0.29) is 11.7 Å². The average molecular weight is 477 g/mol. The summed E-state index contributed by atoms with van der Waals surface area (Å²) in [5, 5.41) is 10.0. The van der Waals surface area contributed by atoms with Gasteiger partial charge in [-0.1, -0.05) is 59.9 Å². The summed E-state index contributed by atoms with van der Waals surface area (Å²) in [5.41, 5.74) is 3.55. The summed E-state index contributed by atoms with van der Waals surface area (Å²) in [6.07, 6.45) is 0. The lowest BCUT2D eigenvalue weighted by Gasteiger charge is -2.22. The third-order valence-corrected chi connectivity index (χ3v) is 6.67. The second-order valence-corrected chi connectivity index (χ2v) is 9.25. The van der Waals surface area contributed by atoms with Gasteiger partial charge in [-0.2, -0.15) is 0 Å². The fraction of sp³-hybridized carbons (Fsp3) is 0.208. The Morgan fingerprint density at radius 3 is 2.03 bits per heavy atom. The maximum atomic E-state index is 13.2. The Hall–Kier alpha value is -3.17. The van der Waals surface area contributed by atoms with Gasteiger partial charge in [0.05, 0.1) is 11.5 Å². The number of amides is 1. The Morgan fingerprint density at radius 2 is 1.45 bits per heavy atom. The number of aromatic nitrogens is 5. The van der Waals surface area contributed by atoms with Crippen LogP contribution in [0.25, 0.3) is 0 Å². The summed E-state index contributed by atoms with van der Waals surface area (Å²) < 4.78 is 1.92. The lowest BCUT2D eigenvalue weighted by Crippen LogP contribution is -2.27. The van der Waals surface area contributed by atoms with Gasteiger partial charge in [-0.05, 0) is 44.2 Å².